The number of hydrogen-bond donors (Lipinski definition) is 0. The molecule has 0 radical (unpaired) electrons. The van der Waals surface area contributed by atoms with Gasteiger partial charge in [-0.3, -0.25) is 4.79 Å². The molecule has 17 heavy (non-hydrogen) atoms. The molecule has 0 aliphatic rings. The summed E-state index contributed by atoms with van der Waals surface area (Å²) in [6, 6.07) is 4.58. The number of carbonyl (C=O) groups excluding carboxylic acids is 1. The Balaban J connectivity index is 2.52. The Hall–Kier alpha value is -1.23. The second-order valence-electron chi connectivity index (χ2n) is 3.33. The molecule has 0 atom stereocenters. The highest BCUT2D eigenvalue weighted by Crippen LogP contribution is 2.31. The SMILES string of the molecule is O=C(Cl)CCCOc1cccc(C(F)(F)F)c1. The lowest BCUT2D eigenvalue weighted by molar-refractivity contribution is -0.137. The smallest absolute Gasteiger partial charge is 0.416 e. The summed E-state index contributed by atoms with van der Waals surface area (Å²) in [4.78, 5) is 10.4. The monoisotopic (exact) mass is 266 g/mol. The molecule has 1 aromatic carbocycles. The van der Waals surface area contributed by atoms with E-state index in [9.17, 15) is 18.0 Å². The predicted octanol–water partition coefficient (Wildman–Crippen LogP) is 3.63. The van der Waals surface area contributed by atoms with Crippen LogP contribution >= 0.6 is 11.6 Å². The van der Waals surface area contributed by atoms with Crippen molar-refractivity contribution in [2.75, 3.05) is 6.61 Å². The van der Waals surface area contributed by atoms with E-state index in [1.165, 1.54) is 12.1 Å². The van der Waals surface area contributed by atoms with Gasteiger partial charge in [0.2, 0.25) is 5.24 Å². The second-order valence-corrected chi connectivity index (χ2v) is 3.75. The molecule has 2 nitrogen and oxygen atoms in total. The van der Waals surface area contributed by atoms with Crippen LogP contribution in [0, 0.1) is 0 Å². The molecule has 0 aliphatic carbocycles. The quantitative estimate of drug-likeness (QED) is 0.601. The van der Waals surface area contributed by atoms with Crippen molar-refractivity contribution in [3.63, 3.8) is 0 Å². The maximum Gasteiger partial charge on any atom is 0.416 e. The Bertz CT molecular complexity index is 391. The normalized spacial score (nSPS) is 11.3. The van der Waals surface area contributed by atoms with Crippen LogP contribution in [0.3, 0.4) is 0 Å². The Morgan fingerprint density at radius 1 is 1.35 bits per heavy atom. The molecular formula is C11H10ClF3O2. The van der Waals surface area contributed by atoms with Crippen molar-refractivity contribution < 1.29 is 22.7 Å². The first-order chi connectivity index (χ1) is 7.89. The number of ether oxygens (including phenoxy) is 1. The Morgan fingerprint density at radius 3 is 2.65 bits per heavy atom. The minimum atomic E-state index is -4.38. The minimum absolute atomic E-state index is 0.127. The van der Waals surface area contributed by atoms with Gasteiger partial charge in [-0.1, -0.05) is 6.07 Å². The van der Waals surface area contributed by atoms with E-state index in [4.69, 9.17) is 16.3 Å². The molecule has 6 heteroatoms. The lowest BCUT2D eigenvalue weighted by Gasteiger charge is -2.09. The fourth-order valence-corrected chi connectivity index (χ4v) is 1.30. The van der Waals surface area contributed by atoms with Crippen LogP contribution in [0.4, 0.5) is 13.2 Å². The van der Waals surface area contributed by atoms with Crippen LogP contribution in [-0.2, 0) is 11.0 Å². The molecule has 0 saturated carbocycles. The van der Waals surface area contributed by atoms with Gasteiger partial charge in [0.15, 0.2) is 0 Å². The average Bonchev–Trinajstić information content (AvgIpc) is 2.23. The van der Waals surface area contributed by atoms with Crippen LogP contribution in [0.1, 0.15) is 18.4 Å². The van der Waals surface area contributed by atoms with Crippen LogP contribution < -0.4 is 4.74 Å². The van der Waals surface area contributed by atoms with Crippen LogP contribution in [0.25, 0.3) is 0 Å². The summed E-state index contributed by atoms with van der Waals surface area (Å²) in [5, 5.41) is -0.488. The first kappa shape index (κ1) is 13.8. The van der Waals surface area contributed by atoms with Crippen molar-refractivity contribution in [1.29, 1.82) is 0 Å². The summed E-state index contributed by atoms with van der Waals surface area (Å²) >= 11 is 5.10. The van der Waals surface area contributed by atoms with E-state index in [0.29, 0.717) is 6.42 Å². The van der Waals surface area contributed by atoms with Gasteiger partial charge < -0.3 is 4.74 Å². The molecule has 0 aliphatic heterocycles. The first-order valence-corrected chi connectivity index (χ1v) is 5.26. The highest BCUT2D eigenvalue weighted by Gasteiger charge is 2.30. The highest BCUT2D eigenvalue weighted by molar-refractivity contribution is 6.63. The lowest BCUT2D eigenvalue weighted by Crippen LogP contribution is -2.05. The zero-order valence-corrected chi connectivity index (χ0v) is 9.52. The molecule has 0 heterocycles. The number of hydrogen-bond acceptors (Lipinski definition) is 2. The molecule has 0 spiro atoms. The summed E-state index contributed by atoms with van der Waals surface area (Å²) in [7, 11) is 0. The fourth-order valence-electron chi connectivity index (χ4n) is 1.16. The third-order valence-electron chi connectivity index (χ3n) is 1.95. The van der Waals surface area contributed by atoms with E-state index < -0.39 is 17.0 Å². The summed E-state index contributed by atoms with van der Waals surface area (Å²) in [6.45, 7) is 0.153. The number of carbonyl (C=O) groups is 1. The Labute approximate surface area is 101 Å². The molecule has 94 valence electrons. The van der Waals surface area contributed by atoms with E-state index in [1.807, 2.05) is 0 Å². The molecule has 0 bridgehead atoms. The third kappa shape index (κ3) is 5.08. The van der Waals surface area contributed by atoms with Crippen molar-refractivity contribution in [1.82, 2.24) is 0 Å². The van der Waals surface area contributed by atoms with Crippen molar-refractivity contribution in [2.45, 2.75) is 19.0 Å². The summed E-state index contributed by atoms with van der Waals surface area (Å²) in [5.41, 5.74) is -0.761. The molecule has 1 aromatic rings. The van der Waals surface area contributed by atoms with Gasteiger partial charge in [0, 0.05) is 6.42 Å². The van der Waals surface area contributed by atoms with E-state index in [-0.39, 0.29) is 18.8 Å². The van der Waals surface area contributed by atoms with Crippen molar-refractivity contribution in [3.05, 3.63) is 29.8 Å². The van der Waals surface area contributed by atoms with Crippen LogP contribution in [0.15, 0.2) is 24.3 Å². The van der Waals surface area contributed by atoms with Gasteiger partial charge in [0.05, 0.1) is 12.2 Å². The number of halogens is 4. The van der Waals surface area contributed by atoms with Crippen LogP contribution in [0.2, 0.25) is 0 Å². The zero-order chi connectivity index (χ0) is 12.9. The summed E-state index contributed by atoms with van der Waals surface area (Å²) in [5.74, 6) is 0.127. The molecule has 0 aromatic heterocycles. The van der Waals surface area contributed by atoms with Gasteiger partial charge in [-0.05, 0) is 36.2 Å². The molecule has 0 N–H and O–H groups in total. The van der Waals surface area contributed by atoms with Gasteiger partial charge in [0.1, 0.15) is 5.75 Å². The first-order valence-electron chi connectivity index (χ1n) is 4.88. The maximum absolute atomic E-state index is 12.3. The van der Waals surface area contributed by atoms with Gasteiger partial charge in [0.25, 0.3) is 0 Å². The fraction of sp³-hybridized carbons (Fsp3) is 0.364. The maximum atomic E-state index is 12.3. The molecular weight excluding hydrogens is 257 g/mol. The molecule has 0 fully saturated rings. The molecule has 0 amide bonds. The topological polar surface area (TPSA) is 26.3 Å². The van der Waals surface area contributed by atoms with Gasteiger partial charge in [-0.2, -0.15) is 13.2 Å². The van der Waals surface area contributed by atoms with Crippen LogP contribution in [-0.4, -0.2) is 11.8 Å². The van der Waals surface area contributed by atoms with Gasteiger partial charge in [-0.25, -0.2) is 0 Å². The van der Waals surface area contributed by atoms with Crippen LogP contribution in [0.5, 0.6) is 5.75 Å². The number of benzene rings is 1. The van der Waals surface area contributed by atoms with Gasteiger partial charge in [-0.15, -0.1) is 0 Å². The average molecular weight is 267 g/mol. The largest absolute Gasteiger partial charge is 0.494 e. The molecule has 1 rings (SSSR count). The molecule has 0 unspecified atom stereocenters. The van der Waals surface area contributed by atoms with Crippen molar-refractivity contribution in [2.24, 2.45) is 0 Å². The van der Waals surface area contributed by atoms with E-state index in [1.54, 1.807) is 0 Å². The van der Waals surface area contributed by atoms with E-state index in [0.717, 1.165) is 12.1 Å². The summed E-state index contributed by atoms with van der Waals surface area (Å²) < 4.78 is 42.1. The second kappa shape index (κ2) is 5.91. The van der Waals surface area contributed by atoms with Gasteiger partial charge >= 0.3 is 6.18 Å². The number of rotatable bonds is 5. The highest BCUT2D eigenvalue weighted by atomic mass is 35.5. The Kier molecular flexibility index (Phi) is 4.81. The minimum Gasteiger partial charge on any atom is -0.494 e. The lowest BCUT2D eigenvalue weighted by atomic mass is 10.2. The van der Waals surface area contributed by atoms with E-state index >= 15 is 0 Å². The zero-order valence-electron chi connectivity index (χ0n) is 8.76. The standard InChI is InChI=1S/C11H10ClF3O2/c12-10(16)5-2-6-17-9-4-1-3-8(7-9)11(13,14)15/h1,3-4,7H,2,5-6H2. The molecule has 0 saturated heterocycles. The van der Waals surface area contributed by atoms with Crippen molar-refractivity contribution >= 4 is 16.8 Å². The number of alkyl halides is 3. The van der Waals surface area contributed by atoms with E-state index in [2.05, 4.69) is 0 Å². The summed E-state index contributed by atoms with van der Waals surface area (Å²) in [6.07, 6.45) is -3.87. The van der Waals surface area contributed by atoms with Crippen molar-refractivity contribution in [3.8, 4) is 5.75 Å². The third-order valence-corrected chi connectivity index (χ3v) is 2.14. The Morgan fingerprint density at radius 2 is 2.06 bits per heavy atom. The predicted molar refractivity (Wildman–Crippen MR) is 57.0 cm³/mol.